The highest BCUT2D eigenvalue weighted by atomic mass is 15.0. The molecule has 0 bridgehead atoms. The molecule has 0 unspecified atom stereocenters. The van der Waals surface area contributed by atoms with Crippen LogP contribution >= 0.6 is 0 Å². The van der Waals surface area contributed by atoms with Crippen LogP contribution in [0.25, 0.3) is 0 Å². The normalized spacial score (nSPS) is 13.5. The van der Waals surface area contributed by atoms with Gasteiger partial charge in [0.25, 0.3) is 0 Å². The second-order valence-electron chi connectivity index (χ2n) is 1.85. The molecule has 64 valence electrons. The SMILES string of the molecule is C=CC(/N=C\C)=C(N=C)\N=C/C. The molecule has 0 saturated carbocycles. The lowest BCUT2D eigenvalue weighted by Crippen LogP contribution is -1.81. The summed E-state index contributed by atoms with van der Waals surface area (Å²) in [7, 11) is 0. The minimum absolute atomic E-state index is 0.491. The summed E-state index contributed by atoms with van der Waals surface area (Å²) < 4.78 is 0. The first-order valence-corrected chi connectivity index (χ1v) is 3.61. The zero-order valence-electron chi connectivity index (χ0n) is 7.49. The van der Waals surface area contributed by atoms with E-state index in [1.165, 1.54) is 0 Å². The quantitative estimate of drug-likeness (QED) is 0.450. The van der Waals surface area contributed by atoms with E-state index in [4.69, 9.17) is 0 Å². The topological polar surface area (TPSA) is 37.1 Å². The first-order valence-electron chi connectivity index (χ1n) is 3.61. The van der Waals surface area contributed by atoms with E-state index < -0.39 is 0 Å². The van der Waals surface area contributed by atoms with E-state index in [1.807, 2.05) is 13.8 Å². The monoisotopic (exact) mass is 163 g/mol. The number of hydrogen-bond acceptors (Lipinski definition) is 3. The average molecular weight is 163 g/mol. The van der Waals surface area contributed by atoms with Crippen molar-refractivity contribution in [1.82, 2.24) is 0 Å². The highest BCUT2D eigenvalue weighted by molar-refractivity contribution is 5.59. The molecule has 0 rings (SSSR count). The van der Waals surface area contributed by atoms with E-state index in [2.05, 4.69) is 28.3 Å². The van der Waals surface area contributed by atoms with Crippen molar-refractivity contribution in [3.63, 3.8) is 0 Å². The van der Waals surface area contributed by atoms with E-state index in [-0.39, 0.29) is 0 Å². The predicted octanol–water partition coefficient (Wildman–Crippen LogP) is 2.22. The second kappa shape index (κ2) is 6.22. The molecule has 0 N–H and O–H groups in total. The molecule has 0 atom stereocenters. The van der Waals surface area contributed by atoms with Gasteiger partial charge in [0.15, 0.2) is 5.82 Å². The van der Waals surface area contributed by atoms with Crippen LogP contribution in [-0.4, -0.2) is 19.1 Å². The average Bonchev–Trinajstić information content (AvgIpc) is 2.11. The molecule has 0 aromatic rings. The molecule has 0 heterocycles. The van der Waals surface area contributed by atoms with Gasteiger partial charge >= 0.3 is 0 Å². The minimum Gasteiger partial charge on any atom is -0.258 e. The summed E-state index contributed by atoms with van der Waals surface area (Å²) in [6, 6.07) is 0. The van der Waals surface area contributed by atoms with Gasteiger partial charge in [0.05, 0.1) is 0 Å². The highest BCUT2D eigenvalue weighted by Crippen LogP contribution is 2.08. The van der Waals surface area contributed by atoms with Crippen LogP contribution in [0.15, 0.2) is 39.2 Å². The fourth-order valence-corrected chi connectivity index (χ4v) is 0.651. The first-order chi connectivity index (χ1) is 5.79. The van der Waals surface area contributed by atoms with Crippen LogP contribution < -0.4 is 0 Å². The standard InChI is InChI=1S/C9H13N3/c1-5-8(11-6-2)9(10-4)12-7-3/h5-7H,1,4H2,2-3H3/b9-8+,11-6-,12-7-. The van der Waals surface area contributed by atoms with Crippen molar-refractivity contribution in [2.75, 3.05) is 0 Å². The maximum atomic E-state index is 4.02. The van der Waals surface area contributed by atoms with E-state index in [9.17, 15) is 0 Å². The highest BCUT2D eigenvalue weighted by Gasteiger charge is 1.95. The third-order valence-corrected chi connectivity index (χ3v) is 1.09. The summed E-state index contributed by atoms with van der Waals surface area (Å²) in [5, 5.41) is 0. The fourth-order valence-electron chi connectivity index (χ4n) is 0.651. The number of allylic oxidation sites excluding steroid dienone is 1. The molecule has 0 radical (unpaired) electrons. The summed E-state index contributed by atoms with van der Waals surface area (Å²) in [5.41, 5.74) is 0.630. The predicted molar refractivity (Wildman–Crippen MR) is 55.1 cm³/mol. The van der Waals surface area contributed by atoms with Crippen LogP contribution in [-0.2, 0) is 0 Å². The summed E-state index contributed by atoms with van der Waals surface area (Å²) in [4.78, 5) is 11.7. The van der Waals surface area contributed by atoms with Crippen molar-refractivity contribution in [3.05, 3.63) is 24.2 Å². The van der Waals surface area contributed by atoms with Gasteiger partial charge in [0.2, 0.25) is 0 Å². The smallest absolute Gasteiger partial charge is 0.177 e. The molecule has 0 amide bonds. The maximum absolute atomic E-state index is 4.02. The second-order valence-corrected chi connectivity index (χ2v) is 1.85. The Labute approximate surface area is 73.0 Å². The summed E-state index contributed by atoms with van der Waals surface area (Å²) >= 11 is 0. The first kappa shape index (κ1) is 10.5. The number of nitrogens with zero attached hydrogens (tertiary/aromatic N) is 3. The van der Waals surface area contributed by atoms with Gasteiger partial charge in [-0.15, -0.1) is 0 Å². The van der Waals surface area contributed by atoms with Gasteiger partial charge in [-0.05, 0) is 26.6 Å². The Kier molecular flexibility index (Phi) is 5.43. The zero-order valence-corrected chi connectivity index (χ0v) is 7.49. The van der Waals surface area contributed by atoms with Crippen molar-refractivity contribution in [3.8, 4) is 0 Å². The Morgan fingerprint density at radius 2 is 1.75 bits per heavy atom. The van der Waals surface area contributed by atoms with Crippen molar-refractivity contribution in [1.29, 1.82) is 0 Å². The molecule has 0 aliphatic heterocycles. The third kappa shape index (κ3) is 3.05. The summed E-state index contributed by atoms with van der Waals surface area (Å²) in [6.07, 6.45) is 4.89. The Morgan fingerprint density at radius 3 is 2.08 bits per heavy atom. The van der Waals surface area contributed by atoms with Crippen LogP contribution in [0.5, 0.6) is 0 Å². The van der Waals surface area contributed by atoms with Crippen LogP contribution in [0, 0.1) is 0 Å². The van der Waals surface area contributed by atoms with E-state index in [0.29, 0.717) is 11.5 Å². The van der Waals surface area contributed by atoms with Crippen LogP contribution in [0.1, 0.15) is 13.8 Å². The van der Waals surface area contributed by atoms with Crippen molar-refractivity contribution in [2.45, 2.75) is 13.8 Å². The number of hydrogen-bond donors (Lipinski definition) is 0. The Balaban J connectivity index is 4.98. The molecule has 0 aliphatic carbocycles. The molecule has 12 heavy (non-hydrogen) atoms. The van der Waals surface area contributed by atoms with Gasteiger partial charge in [-0.25, -0.2) is 9.98 Å². The van der Waals surface area contributed by atoms with Gasteiger partial charge in [0.1, 0.15) is 5.70 Å². The molecule has 3 heteroatoms. The number of aliphatic imine (C=N–C) groups is 3. The van der Waals surface area contributed by atoms with Gasteiger partial charge < -0.3 is 0 Å². The molecule has 3 nitrogen and oxygen atoms in total. The van der Waals surface area contributed by atoms with Crippen molar-refractivity contribution >= 4 is 19.1 Å². The van der Waals surface area contributed by atoms with Gasteiger partial charge in [-0.2, -0.15) is 0 Å². The van der Waals surface area contributed by atoms with E-state index in [0.717, 1.165) is 0 Å². The van der Waals surface area contributed by atoms with Crippen molar-refractivity contribution in [2.24, 2.45) is 15.0 Å². The van der Waals surface area contributed by atoms with Crippen molar-refractivity contribution < 1.29 is 0 Å². The summed E-state index contributed by atoms with van der Waals surface area (Å²) in [5.74, 6) is 0.491. The maximum Gasteiger partial charge on any atom is 0.177 e. The Bertz CT molecular complexity index is 220. The van der Waals surface area contributed by atoms with Gasteiger partial charge in [-0.1, -0.05) is 6.58 Å². The van der Waals surface area contributed by atoms with Gasteiger partial charge in [-0.3, -0.25) is 4.99 Å². The largest absolute Gasteiger partial charge is 0.258 e. The number of rotatable bonds is 4. The Hall–Kier alpha value is -1.51. The van der Waals surface area contributed by atoms with Crippen LogP contribution in [0.2, 0.25) is 0 Å². The molecule has 0 aromatic heterocycles. The fraction of sp³-hybridized carbons (Fsp3) is 0.222. The van der Waals surface area contributed by atoms with Crippen LogP contribution in [0.4, 0.5) is 0 Å². The minimum atomic E-state index is 0.491. The molecule has 0 fully saturated rings. The summed E-state index contributed by atoms with van der Waals surface area (Å²) in [6.45, 7) is 10.6. The lowest BCUT2D eigenvalue weighted by molar-refractivity contribution is 1.18. The molecule has 0 aliphatic rings. The molecular weight excluding hydrogens is 150 g/mol. The Morgan fingerprint density at radius 1 is 1.17 bits per heavy atom. The third-order valence-electron chi connectivity index (χ3n) is 1.09. The lowest BCUT2D eigenvalue weighted by atomic mass is 10.4. The van der Waals surface area contributed by atoms with E-state index in [1.54, 1.807) is 18.5 Å². The molecule has 0 spiro atoms. The van der Waals surface area contributed by atoms with Gasteiger partial charge in [0, 0.05) is 12.4 Å². The van der Waals surface area contributed by atoms with Crippen LogP contribution in [0.3, 0.4) is 0 Å². The molecular formula is C9H13N3. The zero-order chi connectivity index (χ0) is 9.40. The lowest BCUT2D eigenvalue weighted by Gasteiger charge is -1.95. The van der Waals surface area contributed by atoms with E-state index >= 15 is 0 Å². The molecule has 0 saturated heterocycles. The molecule has 0 aromatic carbocycles.